The molecule has 0 spiro atoms. The fourth-order valence-electron chi connectivity index (χ4n) is 3.06. The molecule has 1 N–H and O–H groups in total. The van der Waals surface area contributed by atoms with Crippen LogP contribution in [0, 0.1) is 23.2 Å². The standard InChI is InChI=1S/C16H22N2/c1-12(2)15-9-10-16(15,11-17)18-13(3)14-7-5-4-6-8-14/h4-8,12-13,15,18H,9-10H2,1-3H3/t13-,15-,16+/m1/s1. The molecule has 0 bridgehead atoms. The third-order valence-electron chi connectivity index (χ3n) is 4.26. The van der Waals surface area contributed by atoms with Gasteiger partial charge in [0.1, 0.15) is 5.54 Å². The zero-order chi connectivity index (χ0) is 13.2. The molecule has 0 heterocycles. The Kier molecular flexibility index (Phi) is 3.73. The molecule has 0 amide bonds. The Morgan fingerprint density at radius 3 is 2.39 bits per heavy atom. The van der Waals surface area contributed by atoms with Gasteiger partial charge in [-0.3, -0.25) is 5.32 Å². The van der Waals surface area contributed by atoms with Crippen LogP contribution in [0.1, 0.15) is 45.2 Å². The molecule has 1 aromatic carbocycles. The Balaban J connectivity index is 2.11. The lowest BCUT2D eigenvalue weighted by Gasteiger charge is -2.48. The van der Waals surface area contributed by atoms with Crippen molar-refractivity contribution in [1.29, 1.82) is 5.26 Å². The van der Waals surface area contributed by atoms with Gasteiger partial charge in [-0.2, -0.15) is 5.26 Å². The molecule has 0 saturated heterocycles. The van der Waals surface area contributed by atoms with Crippen LogP contribution in [-0.4, -0.2) is 5.54 Å². The predicted octanol–water partition coefficient (Wildman–Crippen LogP) is 3.67. The highest BCUT2D eigenvalue weighted by molar-refractivity contribution is 5.23. The van der Waals surface area contributed by atoms with Crippen LogP contribution < -0.4 is 5.32 Å². The van der Waals surface area contributed by atoms with Crippen LogP contribution in [0.3, 0.4) is 0 Å². The molecule has 0 radical (unpaired) electrons. The molecular weight excluding hydrogens is 220 g/mol. The topological polar surface area (TPSA) is 35.8 Å². The van der Waals surface area contributed by atoms with E-state index in [9.17, 15) is 5.26 Å². The summed E-state index contributed by atoms with van der Waals surface area (Å²) in [4.78, 5) is 0. The maximum Gasteiger partial charge on any atom is 0.110 e. The van der Waals surface area contributed by atoms with Gasteiger partial charge in [-0.15, -0.1) is 0 Å². The second kappa shape index (κ2) is 5.12. The van der Waals surface area contributed by atoms with E-state index in [2.05, 4.69) is 44.3 Å². The Bertz CT molecular complexity index is 432. The summed E-state index contributed by atoms with van der Waals surface area (Å²) in [6.45, 7) is 6.57. The molecule has 2 nitrogen and oxygen atoms in total. The smallest absolute Gasteiger partial charge is 0.110 e. The van der Waals surface area contributed by atoms with Gasteiger partial charge in [0, 0.05) is 6.04 Å². The van der Waals surface area contributed by atoms with Crippen molar-refractivity contribution < 1.29 is 0 Å². The van der Waals surface area contributed by atoms with Crippen LogP contribution in [0.15, 0.2) is 30.3 Å². The molecule has 0 aliphatic heterocycles. The van der Waals surface area contributed by atoms with E-state index in [4.69, 9.17) is 0 Å². The van der Waals surface area contributed by atoms with E-state index in [1.54, 1.807) is 0 Å². The first-order valence-corrected chi connectivity index (χ1v) is 6.83. The minimum absolute atomic E-state index is 0.229. The van der Waals surface area contributed by atoms with Crippen molar-refractivity contribution >= 4 is 0 Å². The SMILES string of the molecule is CC(C)[C@H]1CC[C@@]1(C#N)N[C@H](C)c1ccccc1. The van der Waals surface area contributed by atoms with Gasteiger partial charge in [0.05, 0.1) is 6.07 Å². The van der Waals surface area contributed by atoms with Gasteiger partial charge >= 0.3 is 0 Å². The van der Waals surface area contributed by atoms with Crippen LogP contribution >= 0.6 is 0 Å². The van der Waals surface area contributed by atoms with E-state index in [0.717, 1.165) is 6.42 Å². The minimum Gasteiger partial charge on any atom is -0.293 e. The lowest BCUT2D eigenvalue weighted by atomic mass is 9.62. The van der Waals surface area contributed by atoms with Crippen molar-refractivity contribution in [1.82, 2.24) is 5.32 Å². The maximum atomic E-state index is 9.54. The van der Waals surface area contributed by atoms with Crippen LogP contribution in [0.2, 0.25) is 0 Å². The number of hydrogen-bond donors (Lipinski definition) is 1. The van der Waals surface area contributed by atoms with E-state index in [1.807, 2.05) is 18.2 Å². The summed E-state index contributed by atoms with van der Waals surface area (Å²) in [6.07, 6.45) is 2.14. The van der Waals surface area contributed by atoms with Crippen molar-refractivity contribution in [2.45, 2.75) is 45.2 Å². The highest BCUT2D eigenvalue weighted by Gasteiger charge is 2.49. The first kappa shape index (κ1) is 13.1. The lowest BCUT2D eigenvalue weighted by molar-refractivity contribution is 0.0839. The van der Waals surface area contributed by atoms with E-state index in [0.29, 0.717) is 11.8 Å². The second-order valence-electron chi connectivity index (χ2n) is 5.75. The van der Waals surface area contributed by atoms with Gasteiger partial charge in [-0.1, -0.05) is 44.2 Å². The largest absolute Gasteiger partial charge is 0.293 e. The van der Waals surface area contributed by atoms with Crippen molar-refractivity contribution in [2.24, 2.45) is 11.8 Å². The van der Waals surface area contributed by atoms with Crippen molar-refractivity contribution in [3.05, 3.63) is 35.9 Å². The Labute approximate surface area is 110 Å². The molecular formula is C16H22N2. The average molecular weight is 242 g/mol. The Morgan fingerprint density at radius 1 is 1.28 bits per heavy atom. The molecule has 1 saturated carbocycles. The van der Waals surface area contributed by atoms with Gasteiger partial charge in [-0.25, -0.2) is 0 Å². The summed E-state index contributed by atoms with van der Waals surface area (Å²) in [6, 6.07) is 13.1. The van der Waals surface area contributed by atoms with Gasteiger partial charge in [0.15, 0.2) is 0 Å². The monoisotopic (exact) mass is 242 g/mol. The molecule has 18 heavy (non-hydrogen) atoms. The highest BCUT2D eigenvalue weighted by Crippen LogP contribution is 2.44. The van der Waals surface area contributed by atoms with Crippen LogP contribution in [0.5, 0.6) is 0 Å². The van der Waals surface area contributed by atoms with E-state index < -0.39 is 0 Å². The van der Waals surface area contributed by atoms with E-state index in [1.165, 1.54) is 12.0 Å². The third kappa shape index (κ3) is 2.28. The molecule has 1 aliphatic carbocycles. The second-order valence-corrected chi connectivity index (χ2v) is 5.75. The molecule has 96 valence electrons. The van der Waals surface area contributed by atoms with Gasteiger partial charge in [-0.05, 0) is 37.2 Å². The number of benzene rings is 1. The molecule has 2 rings (SSSR count). The lowest BCUT2D eigenvalue weighted by Crippen LogP contribution is -2.59. The summed E-state index contributed by atoms with van der Waals surface area (Å²) < 4.78 is 0. The molecule has 0 aromatic heterocycles. The Morgan fingerprint density at radius 2 is 1.94 bits per heavy atom. The molecule has 3 atom stereocenters. The van der Waals surface area contributed by atoms with Gasteiger partial charge < -0.3 is 0 Å². The van der Waals surface area contributed by atoms with Crippen molar-refractivity contribution in [2.75, 3.05) is 0 Å². The van der Waals surface area contributed by atoms with E-state index in [-0.39, 0.29) is 11.6 Å². The predicted molar refractivity (Wildman–Crippen MR) is 73.9 cm³/mol. The number of nitrogens with one attached hydrogen (secondary N) is 1. The number of nitrogens with zero attached hydrogens (tertiary/aromatic N) is 1. The first-order valence-electron chi connectivity index (χ1n) is 6.83. The van der Waals surface area contributed by atoms with Crippen LogP contribution in [-0.2, 0) is 0 Å². The molecule has 1 aromatic rings. The summed E-state index contributed by atoms with van der Waals surface area (Å²) in [5.41, 5.74) is 0.935. The van der Waals surface area contributed by atoms with Crippen molar-refractivity contribution in [3.63, 3.8) is 0 Å². The van der Waals surface area contributed by atoms with Crippen LogP contribution in [0.25, 0.3) is 0 Å². The third-order valence-corrected chi connectivity index (χ3v) is 4.26. The number of hydrogen-bond acceptors (Lipinski definition) is 2. The minimum atomic E-state index is -0.316. The quantitative estimate of drug-likeness (QED) is 0.874. The summed E-state index contributed by atoms with van der Waals surface area (Å²) in [5.74, 6) is 1.04. The number of nitriles is 1. The molecule has 0 unspecified atom stereocenters. The summed E-state index contributed by atoms with van der Waals surface area (Å²) >= 11 is 0. The average Bonchev–Trinajstić information content (AvgIpc) is 2.34. The normalized spacial score (nSPS) is 28.5. The fraction of sp³-hybridized carbons (Fsp3) is 0.562. The highest BCUT2D eigenvalue weighted by atomic mass is 15.0. The molecule has 2 heteroatoms. The number of rotatable bonds is 4. The maximum absolute atomic E-state index is 9.54. The summed E-state index contributed by atoms with van der Waals surface area (Å²) in [7, 11) is 0. The zero-order valence-corrected chi connectivity index (χ0v) is 11.5. The van der Waals surface area contributed by atoms with E-state index >= 15 is 0 Å². The zero-order valence-electron chi connectivity index (χ0n) is 11.5. The molecule has 1 fully saturated rings. The van der Waals surface area contributed by atoms with Gasteiger partial charge in [0.25, 0.3) is 0 Å². The summed E-state index contributed by atoms with van der Waals surface area (Å²) in [5, 5.41) is 13.1. The van der Waals surface area contributed by atoms with Crippen LogP contribution in [0.4, 0.5) is 0 Å². The molecule has 1 aliphatic rings. The van der Waals surface area contributed by atoms with Gasteiger partial charge in [0.2, 0.25) is 0 Å². The first-order chi connectivity index (χ1) is 8.59. The van der Waals surface area contributed by atoms with Crippen molar-refractivity contribution in [3.8, 4) is 6.07 Å². The fourth-order valence-corrected chi connectivity index (χ4v) is 3.06. The Hall–Kier alpha value is -1.33.